The van der Waals surface area contributed by atoms with E-state index in [-0.39, 0.29) is 5.97 Å². The van der Waals surface area contributed by atoms with Gasteiger partial charge >= 0.3 is 5.97 Å². The third-order valence-corrected chi connectivity index (χ3v) is 1.33. The minimum absolute atomic E-state index is 0.332. The third-order valence-electron chi connectivity index (χ3n) is 1.33. The lowest BCUT2D eigenvalue weighted by atomic mass is 10.2. The molecule has 1 atom stereocenters. The first-order valence-corrected chi connectivity index (χ1v) is 3.54. The normalized spacial score (nSPS) is 16.4. The number of hydrogen-bond donors (Lipinski definition) is 0. The van der Waals surface area contributed by atoms with Gasteiger partial charge in [-0.05, 0) is 6.92 Å². The van der Waals surface area contributed by atoms with Gasteiger partial charge in [0, 0.05) is 20.4 Å². The van der Waals surface area contributed by atoms with Gasteiger partial charge in [-0.3, -0.25) is 4.79 Å². The van der Waals surface area contributed by atoms with Crippen molar-refractivity contribution in [1.29, 1.82) is 0 Å². The molecule has 4 heteroatoms. The molecule has 0 aromatic carbocycles. The molecule has 0 amide bonds. The molecule has 11 heavy (non-hydrogen) atoms. The number of carbonyl (C=O) groups is 1. The first-order valence-electron chi connectivity index (χ1n) is 3.54. The number of azo groups is 1. The highest BCUT2D eigenvalue weighted by atomic mass is 16.6. The van der Waals surface area contributed by atoms with Gasteiger partial charge in [0.2, 0.25) is 5.72 Å². The van der Waals surface area contributed by atoms with Crippen LogP contribution in [0.5, 0.6) is 0 Å². The van der Waals surface area contributed by atoms with Crippen molar-refractivity contribution in [1.82, 2.24) is 0 Å². The Hall–Kier alpha value is -0.930. The lowest BCUT2D eigenvalue weighted by Crippen LogP contribution is -2.26. The smallest absolute Gasteiger partial charge is 0.304 e. The maximum Gasteiger partial charge on any atom is 0.304 e. The van der Waals surface area contributed by atoms with Crippen molar-refractivity contribution in [3.8, 4) is 0 Å². The molecule has 0 spiro atoms. The van der Waals surface area contributed by atoms with Crippen molar-refractivity contribution in [3.63, 3.8) is 0 Å². The second-order valence-corrected chi connectivity index (χ2v) is 2.42. The molecule has 1 unspecified atom stereocenters. The molecule has 0 saturated carbocycles. The largest absolute Gasteiger partial charge is 0.436 e. The highest BCUT2D eigenvalue weighted by Gasteiger charge is 2.23. The minimum atomic E-state index is -0.777. The van der Waals surface area contributed by atoms with Gasteiger partial charge in [0.05, 0.1) is 0 Å². The Labute approximate surface area is 66.7 Å². The molecule has 64 valence electrons. The number of ether oxygens (including phenoxy) is 1. The van der Waals surface area contributed by atoms with Gasteiger partial charge in [0.25, 0.3) is 0 Å². The fraction of sp³-hybridized carbons (Fsp3) is 0.857. The number of esters is 1. The quantitative estimate of drug-likeness (QED) is 0.464. The summed E-state index contributed by atoms with van der Waals surface area (Å²) in [6.07, 6.45) is 0.629. The highest BCUT2D eigenvalue weighted by molar-refractivity contribution is 5.66. The zero-order valence-electron chi connectivity index (χ0n) is 7.42. The van der Waals surface area contributed by atoms with Gasteiger partial charge in [-0.25, -0.2) is 0 Å². The molecule has 0 N–H and O–H groups in total. The van der Waals surface area contributed by atoms with Crippen LogP contribution in [0.2, 0.25) is 0 Å². The summed E-state index contributed by atoms with van der Waals surface area (Å²) in [5.74, 6) is -0.332. The Kier molecular flexibility index (Phi) is 3.71. The maximum absolute atomic E-state index is 10.6. The highest BCUT2D eigenvalue weighted by Crippen LogP contribution is 2.16. The molecule has 0 bridgehead atoms. The first-order chi connectivity index (χ1) is 5.04. The summed E-state index contributed by atoms with van der Waals surface area (Å²) in [5, 5.41) is 7.38. The van der Waals surface area contributed by atoms with E-state index in [9.17, 15) is 4.79 Å². The van der Waals surface area contributed by atoms with Crippen LogP contribution >= 0.6 is 0 Å². The Morgan fingerprint density at radius 2 is 2.18 bits per heavy atom. The van der Waals surface area contributed by atoms with Crippen LogP contribution in [0.15, 0.2) is 10.2 Å². The lowest BCUT2D eigenvalue weighted by Gasteiger charge is -2.20. The molecule has 0 heterocycles. The second kappa shape index (κ2) is 4.05. The van der Waals surface area contributed by atoms with E-state index in [4.69, 9.17) is 4.74 Å². The van der Waals surface area contributed by atoms with E-state index in [1.165, 1.54) is 6.92 Å². The molecule has 0 aliphatic carbocycles. The molecular formula is C7H14N2O2. The number of rotatable bonds is 3. The summed E-state index contributed by atoms with van der Waals surface area (Å²) in [6, 6.07) is 0. The van der Waals surface area contributed by atoms with Gasteiger partial charge < -0.3 is 4.74 Å². The summed E-state index contributed by atoms with van der Waals surface area (Å²) in [6.45, 7) is 4.97. The van der Waals surface area contributed by atoms with Crippen LogP contribution in [-0.4, -0.2) is 18.7 Å². The average Bonchev–Trinajstić information content (AvgIpc) is 1.87. The van der Waals surface area contributed by atoms with Crippen LogP contribution in [0, 0.1) is 0 Å². The maximum atomic E-state index is 10.6. The zero-order chi connectivity index (χ0) is 8.91. The molecule has 0 aromatic rings. The van der Waals surface area contributed by atoms with Crippen molar-refractivity contribution < 1.29 is 9.53 Å². The van der Waals surface area contributed by atoms with Crippen LogP contribution in [0.25, 0.3) is 0 Å². The van der Waals surface area contributed by atoms with E-state index in [1.807, 2.05) is 6.92 Å². The summed E-state index contributed by atoms with van der Waals surface area (Å²) in [5.41, 5.74) is -0.777. The standard InChI is InChI=1S/C7H14N2O2/c1-5-7(3,9-8-4)11-6(2)10/h5H2,1-4H3. The van der Waals surface area contributed by atoms with Crippen LogP contribution in [0.4, 0.5) is 0 Å². The molecule has 0 aliphatic rings. The summed E-state index contributed by atoms with van der Waals surface area (Å²) < 4.78 is 4.93. The molecule has 0 fully saturated rings. The van der Waals surface area contributed by atoms with Crippen LogP contribution in [-0.2, 0) is 9.53 Å². The van der Waals surface area contributed by atoms with E-state index in [0.29, 0.717) is 6.42 Å². The van der Waals surface area contributed by atoms with Gasteiger partial charge in [-0.1, -0.05) is 6.92 Å². The Morgan fingerprint density at radius 3 is 2.45 bits per heavy atom. The fourth-order valence-electron chi connectivity index (χ4n) is 0.684. The topological polar surface area (TPSA) is 51.0 Å². The second-order valence-electron chi connectivity index (χ2n) is 2.42. The van der Waals surface area contributed by atoms with E-state index in [0.717, 1.165) is 0 Å². The van der Waals surface area contributed by atoms with E-state index < -0.39 is 5.72 Å². The van der Waals surface area contributed by atoms with E-state index >= 15 is 0 Å². The minimum Gasteiger partial charge on any atom is -0.436 e. The van der Waals surface area contributed by atoms with Crippen LogP contribution in [0.1, 0.15) is 27.2 Å². The number of carbonyl (C=O) groups excluding carboxylic acids is 1. The summed E-state index contributed by atoms with van der Waals surface area (Å²) in [4.78, 5) is 10.6. The zero-order valence-corrected chi connectivity index (χ0v) is 7.42. The van der Waals surface area contributed by atoms with Crippen molar-refractivity contribution >= 4 is 5.97 Å². The molecule has 0 aromatic heterocycles. The predicted octanol–water partition coefficient (Wildman–Crippen LogP) is 1.76. The van der Waals surface area contributed by atoms with Crippen molar-refractivity contribution in [2.24, 2.45) is 10.2 Å². The number of nitrogens with zero attached hydrogens (tertiary/aromatic N) is 2. The molecule has 0 radical (unpaired) electrons. The molecule has 4 nitrogen and oxygen atoms in total. The summed E-state index contributed by atoms with van der Waals surface area (Å²) in [7, 11) is 1.55. The number of hydrogen-bond acceptors (Lipinski definition) is 4. The van der Waals surface area contributed by atoms with Crippen LogP contribution < -0.4 is 0 Å². The third kappa shape index (κ3) is 3.70. The monoisotopic (exact) mass is 158 g/mol. The van der Waals surface area contributed by atoms with Gasteiger partial charge in [-0.15, -0.1) is 5.11 Å². The lowest BCUT2D eigenvalue weighted by molar-refractivity contribution is -0.155. The van der Waals surface area contributed by atoms with Gasteiger partial charge in [0.15, 0.2) is 0 Å². The first kappa shape index (κ1) is 10.1. The Bertz CT molecular complexity index is 168. The Balaban J connectivity index is 4.21. The van der Waals surface area contributed by atoms with Crippen molar-refractivity contribution in [2.45, 2.75) is 32.9 Å². The summed E-state index contributed by atoms with van der Waals surface area (Å²) >= 11 is 0. The van der Waals surface area contributed by atoms with E-state index in [1.54, 1.807) is 14.0 Å². The molecule has 0 saturated heterocycles. The van der Waals surface area contributed by atoms with Gasteiger partial charge in [-0.2, -0.15) is 5.11 Å². The SMILES string of the molecule is CCC(C)(N=NC)OC(C)=O. The molecular weight excluding hydrogens is 144 g/mol. The average molecular weight is 158 g/mol. The van der Waals surface area contributed by atoms with Crippen molar-refractivity contribution in [2.75, 3.05) is 7.05 Å². The fourth-order valence-corrected chi connectivity index (χ4v) is 0.684. The van der Waals surface area contributed by atoms with E-state index in [2.05, 4.69) is 10.2 Å². The molecule has 0 rings (SSSR count). The van der Waals surface area contributed by atoms with Gasteiger partial charge in [0.1, 0.15) is 0 Å². The predicted molar refractivity (Wildman–Crippen MR) is 41.2 cm³/mol. The van der Waals surface area contributed by atoms with Crippen LogP contribution in [0.3, 0.4) is 0 Å². The molecule has 0 aliphatic heterocycles. The van der Waals surface area contributed by atoms with Crippen molar-refractivity contribution in [3.05, 3.63) is 0 Å². The Morgan fingerprint density at radius 1 is 1.64 bits per heavy atom.